The largest absolute Gasteiger partial charge is 0.480 e. The minimum Gasteiger partial charge on any atom is -0.480 e. The van der Waals surface area contributed by atoms with Crippen molar-refractivity contribution in [3.8, 4) is 0 Å². The van der Waals surface area contributed by atoms with Crippen LogP contribution in [0.3, 0.4) is 0 Å². The number of carboxylic acid groups (broad SMARTS) is 1. The fourth-order valence-corrected chi connectivity index (χ4v) is 2.66. The van der Waals surface area contributed by atoms with Crippen molar-refractivity contribution in [2.75, 3.05) is 0 Å². The van der Waals surface area contributed by atoms with Gasteiger partial charge in [-0.3, -0.25) is 9.20 Å². The Kier molecular flexibility index (Phi) is 4.29. The molecule has 122 valence electrons. The van der Waals surface area contributed by atoms with E-state index in [-0.39, 0.29) is 6.42 Å². The zero-order valence-electron chi connectivity index (χ0n) is 13.1. The van der Waals surface area contributed by atoms with Gasteiger partial charge in [0.05, 0.1) is 5.69 Å². The van der Waals surface area contributed by atoms with Crippen molar-refractivity contribution < 1.29 is 14.7 Å². The number of carbonyl (C=O) groups excluding carboxylic acids is 1. The minimum atomic E-state index is -1.07. The van der Waals surface area contributed by atoms with Crippen molar-refractivity contribution in [2.24, 2.45) is 0 Å². The molecule has 0 radical (unpaired) electrons. The van der Waals surface area contributed by atoms with Crippen molar-refractivity contribution in [2.45, 2.75) is 19.4 Å². The first kappa shape index (κ1) is 15.7. The second-order valence-corrected chi connectivity index (χ2v) is 5.53. The maximum atomic E-state index is 12.6. The number of hydrogen-bond acceptors (Lipinski definition) is 3. The van der Waals surface area contributed by atoms with Crippen molar-refractivity contribution in [1.82, 2.24) is 14.7 Å². The summed E-state index contributed by atoms with van der Waals surface area (Å²) < 4.78 is 1.66. The molecule has 0 bridgehead atoms. The Labute approximate surface area is 138 Å². The van der Waals surface area contributed by atoms with E-state index in [9.17, 15) is 14.7 Å². The molecular weight excluding hydrogens is 306 g/mol. The molecule has 0 fully saturated rings. The zero-order chi connectivity index (χ0) is 17.1. The topological polar surface area (TPSA) is 83.7 Å². The first-order valence-electron chi connectivity index (χ1n) is 7.57. The fourth-order valence-electron chi connectivity index (χ4n) is 2.66. The molecule has 0 saturated carbocycles. The highest BCUT2D eigenvalue weighted by Crippen LogP contribution is 2.12. The monoisotopic (exact) mass is 323 g/mol. The van der Waals surface area contributed by atoms with Gasteiger partial charge >= 0.3 is 5.97 Å². The van der Waals surface area contributed by atoms with E-state index in [1.54, 1.807) is 29.7 Å². The maximum Gasteiger partial charge on any atom is 0.326 e. The number of benzene rings is 1. The standard InChI is InChI=1S/C18H17N3O3/c1-12-16(21-10-6-5-9-15(21)19-12)17(22)20-14(18(23)24)11-13-7-3-2-4-8-13/h2-10,14H,11H2,1H3,(H,20,22)(H,23,24). The molecular formula is C18H17N3O3. The van der Waals surface area contributed by atoms with Crippen LogP contribution in [0, 0.1) is 6.92 Å². The number of rotatable bonds is 5. The molecule has 3 rings (SSSR count). The van der Waals surface area contributed by atoms with Crippen LogP contribution in [0.2, 0.25) is 0 Å². The summed E-state index contributed by atoms with van der Waals surface area (Å²) in [5, 5.41) is 12.0. The van der Waals surface area contributed by atoms with Gasteiger partial charge in [-0.15, -0.1) is 0 Å². The number of pyridine rings is 1. The van der Waals surface area contributed by atoms with Crippen molar-refractivity contribution in [3.05, 3.63) is 71.7 Å². The van der Waals surface area contributed by atoms with E-state index in [0.717, 1.165) is 5.56 Å². The van der Waals surface area contributed by atoms with Crippen LogP contribution in [0.5, 0.6) is 0 Å². The Hall–Kier alpha value is -3.15. The van der Waals surface area contributed by atoms with Gasteiger partial charge in [0.1, 0.15) is 17.4 Å². The number of imidazole rings is 1. The predicted octanol–water partition coefficient (Wildman–Crippen LogP) is 2.07. The third-order valence-electron chi connectivity index (χ3n) is 3.81. The van der Waals surface area contributed by atoms with Gasteiger partial charge in [0.25, 0.3) is 5.91 Å². The van der Waals surface area contributed by atoms with Gasteiger partial charge in [-0.05, 0) is 24.6 Å². The van der Waals surface area contributed by atoms with Crippen molar-refractivity contribution in [3.63, 3.8) is 0 Å². The number of nitrogens with one attached hydrogen (secondary N) is 1. The molecule has 0 aliphatic rings. The molecule has 6 heteroatoms. The Morgan fingerprint density at radius 2 is 1.88 bits per heavy atom. The van der Waals surface area contributed by atoms with Crippen LogP contribution < -0.4 is 5.32 Å². The number of nitrogens with zero attached hydrogens (tertiary/aromatic N) is 2. The van der Waals surface area contributed by atoms with E-state index in [1.807, 2.05) is 36.4 Å². The number of fused-ring (bicyclic) bond motifs is 1. The van der Waals surface area contributed by atoms with Gasteiger partial charge in [-0.1, -0.05) is 36.4 Å². The highest BCUT2D eigenvalue weighted by atomic mass is 16.4. The molecule has 3 aromatic rings. The summed E-state index contributed by atoms with van der Waals surface area (Å²) in [6.45, 7) is 1.73. The molecule has 0 aliphatic heterocycles. The Bertz CT molecular complexity index is 887. The van der Waals surface area contributed by atoms with E-state index in [2.05, 4.69) is 10.3 Å². The second-order valence-electron chi connectivity index (χ2n) is 5.53. The average Bonchev–Trinajstić information content (AvgIpc) is 2.90. The number of carboxylic acids is 1. The summed E-state index contributed by atoms with van der Waals surface area (Å²) in [5.41, 5.74) is 2.41. The lowest BCUT2D eigenvalue weighted by Gasteiger charge is -2.15. The highest BCUT2D eigenvalue weighted by molar-refractivity contribution is 5.97. The number of aliphatic carboxylic acids is 1. The summed E-state index contributed by atoms with van der Waals surface area (Å²) in [6, 6.07) is 13.6. The quantitative estimate of drug-likeness (QED) is 0.753. The normalized spacial score (nSPS) is 12.0. The third-order valence-corrected chi connectivity index (χ3v) is 3.81. The lowest BCUT2D eigenvalue weighted by Crippen LogP contribution is -2.42. The second kappa shape index (κ2) is 6.54. The van der Waals surface area contributed by atoms with E-state index in [1.165, 1.54) is 0 Å². The highest BCUT2D eigenvalue weighted by Gasteiger charge is 2.24. The predicted molar refractivity (Wildman–Crippen MR) is 89.0 cm³/mol. The molecule has 24 heavy (non-hydrogen) atoms. The smallest absolute Gasteiger partial charge is 0.326 e. The van der Waals surface area contributed by atoms with Gasteiger partial charge in [-0.2, -0.15) is 0 Å². The number of hydrogen-bond donors (Lipinski definition) is 2. The number of aryl methyl sites for hydroxylation is 1. The molecule has 1 aromatic carbocycles. The van der Waals surface area contributed by atoms with Crippen LogP contribution in [-0.2, 0) is 11.2 Å². The minimum absolute atomic E-state index is 0.220. The Morgan fingerprint density at radius 1 is 1.17 bits per heavy atom. The van der Waals surface area contributed by atoms with Crippen LogP contribution in [-0.4, -0.2) is 32.4 Å². The van der Waals surface area contributed by atoms with E-state index in [0.29, 0.717) is 17.0 Å². The molecule has 0 spiro atoms. The molecule has 1 unspecified atom stereocenters. The van der Waals surface area contributed by atoms with Crippen LogP contribution in [0.15, 0.2) is 54.7 Å². The van der Waals surface area contributed by atoms with Crippen molar-refractivity contribution >= 4 is 17.5 Å². The molecule has 6 nitrogen and oxygen atoms in total. The van der Waals surface area contributed by atoms with Crippen LogP contribution in [0.25, 0.3) is 5.65 Å². The van der Waals surface area contributed by atoms with Gasteiger partial charge in [0.15, 0.2) is 0 Å². The van der Waals surface area contributed by atoms with Crippen LogP contribution in [0.4, 0.5) is 0 Å². The molecule has 1 amide bonds. The Balaban J connectivity index is 1.85. The lowest BCUT2D eigenvalue weighted by atomic mass is 10.1. The summed E-state index contributed by atoms with van der Waals surface area (Å²) in [6.07, 6.45) is 1.95. The number of carbonyl (C=O) groups is 2. The molecule has 0 saturated heterocycles. The van der Waals surface area contributed by atoms with Crippen LogP contribution >= 0.6 is 0 Å². The SMILES string of the molecule is Cc1nc2ccccn2c1C(=O)NC(Cc1ccccc1)C(=O)O. The van der Waals surface area contributed by atoms with Gasteiger partial charge < -0.3 is 10.4 Å². The summed E-state index contributed by atoms with van der Waals surface area (Å²) in [5.74, 6) is -1.52. The molecule has 0 aliphatic carbocycles. The molecule has 1 atom stereocenters. The fraction of sp³-hybridized carbons (Fsp3) is 0.167. The third kappa shape index (κ3) is 3.12. The van der Waals surface area contributed by atoms with Gasteiger partial charge in [0.2, 0.25) is 0 Å². The van der Waals surface area contributed by atoms with Gasteiger partial charge in [-0.25, -0.2) is 9.78 Å². The van der Waals surface area contributed by atoms with E-state index in [4.69, 9.17) is 0 Å². The lowest BCUT2D eigenvalue weighted by molar-refractivity contribution is -0.139. The van der Waals surface area contributed by atoms with Gasteiger partial charge in [0, 0.05) is 12.6 Å². The first-order valence-corrected chi connectivity index (χ1v) is 7.57. The average molecular weight is 323 g/mol. The van der Waals surface area contributed by atoms with Crippen molar-refractivity contribution in [1.29, 1.82) is 0 Å². The number of amides is 1. The molecule has 2 N–H and O–H groups in total. The summed E-state index contributed by atoms with van der Waals surface area (Å²) in [7, 11) is 0. The Morgan fingerprint density at radius 3 is 2.58 bits per heavy atom. The van der Waals surface area contributed by atoms with Crippen LogP contribution in [0.1, 0.15) is 21.7 Å². The van der Waals surface area contributed by atoms with E-state index < -0.39 is 17.9 Å². The summed E-state index contributed by atoms with van der Waals surface area (Å²) in [4.78, 5) is 28.5. The first-order chi connectivity index (χ1) is 11.6. The van der Waals surface area contributed by atoms with E-state index >= 15 is 0 Å². The number of aromatic nitrogens is 2. The molecule has 2 aromatic heterocycles. The summed E-state index contributed by atoms with van der Waals surface area (Å²) >= 11 is 0. The zero-order valence-corrected chi connectivity index (χ0v) is 13.1. The molecule has 2 heterocycles. The maximum absolute atomic E-state index is 12.6.